The number of alkyl halides is 2. The highest BCUT2D eigenvalue weighted by Crippen LogP contribution is 2.29. The van der Waals surface area contributed by atoms with E-state index in [0.717, 1.165) is 6.07 Å². The Morgan fingerprint density at radius 1 is 1.17 bits per heavy atom. The molecule has 0 bridgehead atoms. The van der Waals surface area contributed by atoms with E-state index < -0.39 is 42.0 Å². The minimum atomic E-state index is -3.25. The van der Waals surface area contributed by atoms with Crippen molar-refractivity contribution in [2.75, 3.05) is 20.3 Å². The number of nitrogens with zero attached hydrogens (tertiary/aromatic N) is 1. The number of methoxy groups -OCH3 is 1. The number of ether oxygens (including phenoxy) is 2. The molecule has 1 heterocycles. The van der Waals surface area contributed by atoms with Crippen molar-refractivity contribution in [2.45, 2.75) is 24.9 Å². The van der Waals surface area contributed by atoms with Gasteiger partial charge in [-0.3, -0.25) is 14.6 Å². The second kappa shape index (κ2) is 11.1. The van der Waals surface area contributed by atoms with Gasteiger partial charge in [-0.1, -0.05) is 24.3 Å². The molecule has 0 aromatic heterocycles. The molecule has 9 nitrogen and oxygen atoms in total. The first-order valence-corrected chi connectivity index (χ1v) is 10.8. The van der Waals surface area contributed by atoms with Gasteiger partial charge in [0.15, 0.2) is 0 Å². The third-order valence-electron chi connectivity index (χ3n) is 5.51. The molecule has 2 aromatic rings. The zero-order valence-corrected chi connectivity index (χ0v) is 19.4. The number of amidine groups is 1. The molecule has 0 saturated carbocycles. The number of benzene rings is 2. The van der Waals surface area contributed by atoms with E-state index in [4.69, 9.17) is 26.7 Å². The van der Waals surface area contributed by atoms with Gasteiger partial charge in [0, 0.05) is 13.2 Å². The standard InChI is InChI=1S/C24H26F3N5O4/c1-35-17-7-6-15(25)10-16(17)23(34)31-11-13-2-4-14(5-3-13)20(28)19(22(30)33)21(29)32-18-8-9-36-12-24(18,26)27/h2-7,10,18H,8-9,11-12,28H2,1H3,(H2,29,32)(H2,30,33)(H,31,34). The van der Waals surface area contributed by atoms with E-state index in [1.165, 1.54) is 19.2 Å². The van der Waals surface area contributed by atoms with Crippen LogP contribution in [0.2, 0.25) is 0 Å². The highest BCUT2D eigenvalue weighted by Gasteiger charge is 2.43. The molecule has 1 fully saturated rings. The molecule has 0 radical (unpaired) electrons. The van der Waals surface area contributed by atoms with E-state index in [9.17, 15) is 22.8 Å². The van der Waals surface area contributed by atoms with Gasteiger partial charge < -0.3 is 32.0 Å². The molecule has 1 aliphatic rings. The Bertz CT molecular complexity index is 1200. The van der Waals surface area contributed by atoms with Gasteiger partial charge in [-0.2, -0.15) is 0 Å². The van der Waals surface area contributed by atoms with Crippen LogP contribution in [0.3, 0.4) is 0 Å². The number of hydrogen-bond acceptors (Lipinski definition) is 6. The maximum Gasteiger partial charge on any atom is 0.292 e. The van der Waals surface area contributed by atoms with Crippen molar-refractivity contribution in [1.82, 2.24) is 5.32 Å². The number of nitrogens with two attached hydrogens (primary N) is 3. The molecule has 36 heavy (non-hydrogen) atoms. The largest absolute Gasteiger partial charge is 0.496 e. The zero-order valence-electron chi connectivity index (χ0n) is 19.4. The number of carbonyl (C=O) groups excluding carboxylic acids is 2. The van der Waals surface area contributed by atoms with Crippen LogP contribution in [0.5, 0.6) is 5.75 Å². The molecule has 1 aliphatic heterocycles. The second-order valence-electron chi connectivity index (χ2n) is 8.01. The Morgan fingerprint density at radius 2 is 1.86 bits per heavy atom. The van der Waals surface area contributed by atoms with Crippen molar-refractivity contribution in [1.29, 1.82) is 0 Å². The molecular formula is C24H26F3N5O4. The number of rotatable bonds is 8. The summed E-state index contributed by atoms with van der Waals surface area (Å²) < 4.78 is 51.5. The molecule has 0 aliphatic carbocycles. The van der Waals surface area contributed by atoms with E-state index in [-0.39, 0.29) is 42.2 Å². The van der Waals surface area contributed by atoms with Crippen molar-refractivity contribution < 1.29 is 32.2 Å². The Morgan fingerprint density at radius 3 is 2.47 bits per heavy atom. The molecule has 12 heteroatoms. The summed E-state index contributed by atoms with van der Waals surface area (Å²) in [6.45, 7) is -0.636. The molecule has 1 saturated heterocycles. The lowest BCUT2D eigenvalue weighted by molar-refractivity contribution is -0.126. The van der Waals surface area contributed by atoms with Crippen molar-refractivity contribution in [2.24, 2.45) is 22.2 Å². The lowest BCUT2D eigenvalue weighted by atomic mass is 10.0. The maximum absolute atomic E-state index is 14.1. The third-order valence-corrected chi connectivity index (χ3v) is 5.51. The van der Waals surface area contributed by atoms with Crippen LogP contribution in [0.15, 0.2) is 53.0 Å². The smallest absolute Gasteiger partial charge is 0.292 e. The zero-order chi connectivity index (χ0) is 26.5. The van der Waals surface area contributed by atoms with Crippen LogP contribution < -0.4 is 27.3 Å². The van der Waals surface area contributed by atoms with E-state index in [0.29, 0.717) is 11.1 Å². The summed E-state index contributed by atoms with van der Waals surface area (Å²) >= 11 is 0. The fourth-order valence-electron chi connectivity index (χ4n) is 3.58. The van der Waals surface area contributed by atoms with Crippen LogP contribution in [0, 0.1) is 5.82 Å². The fourth-order valence-corrected chi connectivity index (χ4v) is 3.58. The molecule has 0 spiro atoms. The van der Waals surface area contributed by atoms with Gasteiger partial charge in [-0.25, -0.2) is 13.2 Å². The highest BCUT2D eigenvalue weighted by molar-refractivity contribution is 6.24. The Labute approximate surface area is 205 Å². The average Bonchev–Trinajstić information content (AvgIpc) is 2.84. The Kier molecular flexibility index (Phi) is 8.20. The Hall–Kier alpha value is -4.06. The first-order chi connectivity index (χ1) is 17.0. The van der Waals surface area contributed by atoms with Crippen LogP contribution in [-0.2, 0) is 16.1 Å². The number of aliphatic imine (C=N–C) groups is 1. The number of halogens is 3. The molecule has 192 valence electrons. The highest BCUT2D eigenvalue weighted by atomic mass is 19.3. The quantitative estimate of drug-likeness (QED) is 0.243. The first-order valence-electron chi connectivity index (χ1n) is 10.8. The van der Waals surface area contributed by atoms with E-state index in [2.05, 4.69) is 10.3 Å². The van der Waals surface area contributed by atoms with Crippen LogP contribution in [-0.4, -0.2) is 49.9 Å². The Balaban J connectivity index is 1.77. The van der Waals surface area contributed by atoms with Crippen molar-refractivity contribution in [3.05, 3.63) is 70.5 Å². The van der Waals surface area contributed by atoms with Gasteiger partial charge >= 0.3 is 0 Å². The van der Waals surface area contributed by atoms with Gasteiger partial charge in [0.2, 0.25) is 0 Å². The normalized spacial score (nSPS) is 18.2. The van der Waals surface area contributed by atoms with Gasteiger partial charge in [0.25, 0.3) is 17.7 Å². The van der Waals surface area contributed by atoms with Crippen LogP contribution >= 0.6 is 0 Å². The molecule has 1 unspecified atom stereocenters. The summed E-state index contributed by atoms with van der Waals surface area (Å²) in [7, 11) is 1.37. The molecule has 1 atom stereocenters. The number of carbonyl (C=O) groups is 2. The fraction of sp³-hybridized carbons (Fsp3) is 0.292. The SMILES string of the molecule is COc1ccc(F)cc1C(=O)NCc1ccc(C(N)=C(C(N)=O)C(N)=NC2CCOCC2(F)F)cc1. The summed E-state index contributed by atoms with van der Waals surface area (Å²) in [5.74, 6) is -5.67. The monoisotopic (exact) mass is 505 g/mol. The minimum absolute atomic E-state index is 0.0391. The number of nitrogens with one attached hydrogen (secondary N) is 1. The predicted molar refractivity (Wildman–Crippen MR) is 127 cm³/mol. The topological polar surface area (TPSA) is 155 Å². The van der Waals surface area contributed by atoms with Gasteiger partial charge in [-0.05, 0) is 35.7 Å². The lowest BCUT2D eigenvalue weighted by Crippen LogP contribution is -2.43. The number of amides is 2. The molecule has 7 N–H and O–H groups in total. The van der Waals surface area contributed by atoms with E-state index in [1.807, 2.05) is 0 Å². The van der Waals surface area contributed by atoms with Crippen molar-refractivity contribution in [3.8, 4) is 5.75 Å². The first kappa shape index (κ1) is 26.5. The average molecular weight is 505 g/mol. The van der Waals surface area contributed by atoms with Gasteiger partial charge in [0.1, 0.15) is 35.6 Å². The summed E-state index contributed by atoms with van der Waals surface area (Å²) in [5.41, 5.74) is 17.9. The molecule has 3 rings (SSSR count). The number of hydrogen-bond donors (Lipinski definition) is 4. The van der Waals surface area contributed by atoms with Crippen LogP contribution in [0.25, 0.3) is 5.70 Å². The summed E-state index contributed by atoms with van der Waals surface area (Å²) in [4.78, 5) is 28.3. The van der Waals surface area contributed by atoms with Gasteiger partial charge in [-0.15, -0.1) is 0 Å². The summed E-state index contributed by atoms with van der Waals surface area (Å²) in [6.07, 6.45) is -0.0818. The summed E-state index contributed by atoms with van der Waals surface area (Å²) in [6, 6.07) is 8.43. The van der Waals surface area contributed by atoms with Crippen molar-refractivity contribution in [3.63, 3.8) is 0 Å². The summed E-state index contributed by atoms with van der Waals surface area (Å²) in [5, 5.41) is 2.65. The molecular weight excluding hydrogens is 479 g/mol. The molecule has 2 aromatic carbocycles. The number of primary amides is 1. The van der Waals surface area contributed by atoms with Crippen molar-refractivity contribution >= 4 is 23.3 Å². The van der Waals surface area contributed by atoms with Crippen LogP contribution in [0.4, 0.5) is 13.2 Å². The van der Waals surface area contributed by atoms with E-state index >= 15 is 0 Å². The lowest BCUT2D eigenvalue weighted by Gasteiger charge is -2.28. The minimum Gasteiger partial charge on any atom is -0.496 e. The second-order valence-corrected chi connectivity index (χ2v) is 8.01. The predicted octanol–water partition coefficient (Wildman–Crippen LogP) is 1.70. The van der Waals surface area contributed by atoms with E-state index in [1.54, 1.807) is 24.3 Å². The van der Waals surface area contributed by atoms with Gasteiger partial charge in [0.05, 0.1) is 18.4 Å². The molecule has 2 amide bonds. The maximum atomic E-state index is 14.1. The van der Waals surface area contributed by atoms with Crippen LogP contribution in [0.1, 0.15) is 27.9 Å². The third kappa shape index (κ3) is 6.13.